The van der Waals surface area contributed by atoms with Crippen molar-refractivity contribution >= 4 is 21.4 Å². The van der Waals surface area contributed by atoms with Crippen LogP contribution in [0.1, 0.15) is 11.1 Å². The first-order valence-corrected chi connectivity index (χ1v) is 8.24. The number of hydrogen-bond acceptors (Lipinski definition) is 7. The van der Waals surface area contributed by atoms with Gasteiger partial charge in [0.2, 0.25) is 0 Å². The minimum absolute atomic E-state index is 0.182. The van der Waals surface area contributed by atoms with Crippen LogP contribution in [0.15, 0.2) is 41.3 Å². The summed E-state index contributed by atoms with van der Waals surface area (Å²) in [6.07, 6.45) is 0. The van der Waals surface area contributed by atoms with E-state index in [2.05, 4.69) is 0 Å². The number of nitro groups is 1. The maximum atomic E-state index is 12.9. The fraction of sp³-hybridized carbons (Fsp3) is 0.133. The van der Waals surface area contributed by atoms with Crippen molar-refractivity contribution < 1.29 is 23.3 Å². The number of rotatable bonds is 5. The highest BCUT2D eigenvalue weighted by Crippen LogP contribution is 2.31. The number of benzene rings is 2. The van der Waals surface area contributed by atoms with Crippen molar-refractivity contribution in [2.24, 2.45) is 0 Å². The second-order valence-electron chi connectivity index (χ2n) is 4.93. The molecule has 10 heteroatoms. The summed E-state index contributed by atoms with van der Waals surface area (Å²) < 4.78 is 26.2. The first-order valence-electron chi connectivity index (χ1n) is 6.80. The lowest BCUT2D eigenvalue weighted by Gasteiger charge is -2.23. The van der Waals surface area contributed by atoms with Crippen molar-refractivity contribution in [1.82, 2.24) is 0 Å². The van der Waals surface area contributed by atoms with E-state index in [1.807, 2.05) is 0 Å². The number of phenols is 1. The lowest BCUT2D eigenvalue weighted by Crippen LogP contribution is -2.31. The summed E-state index contributed by atoms with van der Waals surface area (Å²) in [5.41, 5.74) is -0.446. The second kappa shape index (κ2) is 6.76. The molecule has 1 N–H and O–H groups in total. The van der Waals surface area contributed by atoms with Gasteiger partial charge in [0.05, 0.1) is 22.5 Å². The van der Waals surface area contributed by atoms with Gasteiger partial charge >= 0.3 is 0 Å². The molecule has 0 saturated heterocycles. The molecule has 0 radical (unpaired) electrons. The Bertz CT molecular complexity index is 981. The van der Waals surface area contributed by atoms with Crippen LogP contribution in [0.3, 0.4) is 0 Å². The molecular weight excluding hydrogens is 350 g/mol. The average Bonchev–Trinajstić information content (AvgIpc) is 2.57. The molecule has 0 aliphatic rings. The number of aryl methyl sites for hydroxylation is 1. The number of nitriles is 1. The van der Waals surface area contributed by atoms with Crippen molar-refractivity contribution in [1.29, 1.82) is 5.26 Å². The Morgan fingerprint density at radius 2 is 1.96 bits per heavy atom. The van der Waals surface area contributed by atoms with Crippen LogP contribution in [0.2, 0.25) is 0 Å². The standard InChI is InChI=1S/C15H13N3O6S/c1-10-3-5-13(19)8-15(10)25(22,23)18(24-2)14-6-4-12(17(20)21)7-11(14)9-16/h3-8,19H,1-2H3. The van der Waals surface area contributed by atoms with Gasteiger partial charge in [-0.3, -0.25) is 15.0 Å². The number of aromatic hydroxyl groups is 1. The van der Waals surface area contributed by atoms with E-state index < -0.39 is 14.9 Å². The Hall–Kier alpha value is -3.16. The predicted octanol–water partition coefficient (Wildman–Crippen LogP) is 2.24. The van der Waals surface area contributed by atoms with E-state index in [1.54, 1.807) is 6.07 Å². The van der Waals surface area contributed by atoms with E-state index in [1.165, 1.54) is 19.1 Å². The number of nitro benzene ring substituents is 1. The third-order valence-electron chi connectivity index (χ3n) is 3.34. The SMILES string of the molecule is CON(c1ccc([N+](=O)[O-])cc1C#N)S(=O)(=O)c1cc(O)ccc1C. The summed E-state index contributed by atoms with van der Waals surface area (Å²) in [5, 5.41) is 29.6. The normalized spacial score (nSPS) is 10.9. The molecule has 0 aliphatic carbocycles. The molecule has 0 aliphatic heterocycles. The Labute approximate surface area is 143 Å². The summed E-state index contributed by atoms with van der Waals surface area (Å²) in [4.78, 5) is 14.8. The molecule has 130 valence electrons. The second-order valence-corrected chi connectivity index (χ2v) is 6.66. The maximum Gasteiger partial charge on any atom is 0.287 e. The van der Waals surface area contributed by atoms with Crippen molar-refractivity contribution in [3.8, 4) is 11.8 Å². The van der Waals surface area contributed by atoms with Crippen LogP contribution in [0.25, 0.3) is 0 Å². The molecule has 0 atom stereocenters. The zero-order valence-corrected chi connectivity index (χ0v) is 14.0. The summed E-state index contributed by atoms with van der Waals surface area (Å²) in [5.74, 6) is -0.260. The summed E-state index contributed by atoms with van der Waals surface area (Å²) in [6, 6.07) is 8.63. The van der Waals surface area contributed by atoms with Gasteiger partial charge in [0, 0.05) is 18.2 Å². The topological polar surface area (TPSA) is 134 Å². The molecule has 0 bridgehead atoms. The summed E-state index contributed by atoms with van der Waals surface area (Å²) in [6.45, 7) is 1.53. The first-order chi connectivity index (χ1) is 11.7. The quantitative estimate of drug-likeness (QED) is 0.636. The molecule has 2 aromatic rings. The average molecular weight is 363 g/mol. The van der Waals surface area contributed by atoms with Crippen LogP contribution in [0.5, 0.6) is 5.75 Å². The van der Waals surface area contributed by atoms with Crippen molar-refractivity contribution in [3.63, 3.8) is 0 Å². The number of nitrogens with zero attached hydrogens (tertiary/aromatic N) is 3. The minimum atomic E-state index is -4.29. The van der Waals surface area contributed by atoms with Gasteiger partial charge in [-0.05, 0) is 24.6 Å². The van der Waals surface area contributed by atoms with E-state index in [9.17, 15) is 28.9 Å². The van der Waals surface area contributed by atoms with Crippen LogP contribution in [0, 0.1) is 28.4 Å². The van der Waals surface area contributed by atoms with Gasteiger partial charge in [0.1, 0.15) is 17.5 Å². The lowest BCUT2D eigenvalue weighted by molar-refractivity contribution is -0.384. The molecule has 0 spiro atoms. The van der Waals surface area contributed by atoms with Gasteiger partial charge in [-0.2, -0.15) is 13.7 Å². The molecule has 2 aromatic carbocycles. The van der Waals surface area contributed by atoms with E-state index >= 15 is 0 Å². The van der Waals surface area contributed by atoms with Crippen molar-refractivity contribution in [2.75, 3.05) is 11.6 Å². The largest absolute Gasteiger partial charge is 0.508 e. The molecule has 0 unspecified atom stereocenters. The van der Waals surface area contributed by atoms with Crippen LogP contribution in [-0.2, 0) is 14.9 Å². The number of non-ortho nitro benzene ring substituents is 1. The number of sulfonamides is 1. The Morgan fingerprint density at radius 3 is 2.52 bits per heavy atom. The number of hydrogen-bond donors (Lipinski definition) is 1. The minimum Gasteiger partial charge on any atom is -0.508 e. The van der Waals surface area contributed by atoms with Gasteiger partial charge in [0.15, 0.2) is 0 Å². The van der Waals surface area contributed by atoms with Crippen LogP contribution in [-0.4, -0.2) is 25.6 Å². The predicted molar refractivity (Wildman–Crippen MR) is 87.3 cm³/mol. The highest BCUT2D eigenvalue weighted by molar-refractivity contribution is 7.92. The number of phenolic OH excluding ortho intramolecular Hbond substituents is 1. The molecule has 0 fully saturated rings. The molecule has 9 nitrogen and oxygen atoms in total. The van der Waals surface area contributed by atoms with Gasteiger partial charge in [0.25, 0.3) is 15.7 Å². The fourth-order valence-electron chi connectivity index (χ4n) is 2.17. The van der Waals surface area contributed by atoms with Gasteiger partial charge in [-0.1, -0.05) is 6.07 Å². The molecule has 0 heterocycles. The smallest absolute Gasteiger partial charge is 0.287 e. The Balaban J connectivity index is 2.66. The lowest BCUT2D eigenvalue weighted by atomic mass is 10.2. The fourth-order valence-corrected chi connectivity index (χ4v) is 3.71. The van der Waals surface area contributed by atoms with Crippen LogP contribution >= 0.6 is 0 Å². The number of anilines is 1. The Kier molecular flexibility index (Phi) is 4.92. The molecule has 25 heavy (non-hydrogen) atoms. The molecule has 0 aromatic heterocycles. The zero-order valence-electron chi connectivity index (χ0n) is 13.2. The first kappa shape index (κ1) is 18.2. The molecule has 0 saturated carbocycles. The zero-order chi connectivity index (χ0) is 18.8. The van der Waals surface area contributed by atoms with Crippen LogP contribution in [0.4, 0.5) is 11.4 Å². The van der Waals surface area contributed by atoms with Gasteiger partial charge in [-0.25, -0.2) is 0 Å². The van der Waals surface area contributed by atoms with E-state index in [0.29, 0.717) is 10.0 Å². The highest BCUT2D eigenvalue weighted by Gasteiger charge is 2.30. The van der Waals surface area contributed by atoms with Crippen LogP contribution < -0.4 is 4.47 Å². The summed E-state index contributed by atoms with van der Waals surface area (Å²) in [7, 11) is -3.21. The molecule has 2 rings (SSSR count). The highest BCUT2D eigenvalue weighted by atomic mass is 32.2. The summed E-state index contributed by atoms with van der Waals surface area (Å²) >= 11 is 0. The van der Waals surface area contributed by atoms with E-state index in [-0.39, 0.29) is 27.6 Å². The maximum absolute atomic E-state index is 12.9. The van der Waals surface area contributed by atoms with E-state index in [0.717, 1.165) is 31.4 Å². The van der Waals surface area contributed by atoms with Gasteiger partial charge in [-0.15, -0.1) is 4.47 Å². The third-order valence-corrected chi connectivity index (χ3v) is 5.12. The molecule has 0 amide bonds. The van der Waals surface area contributed by atoms with Crippen molar-refractivity contribution in [3.05, 3.63) is 57.6 Å². The monoisotopic (exact) mass is 363 g/mol. The van der Waals surface area contributed by atoms with Crippen molar-refractivity contribution in [2.45, 2.75) is 11.8 Å². The Morgan fingerprint density at radius 1 is 1.28 bits per heavy atom. The van der Waals surface area contributed by atoms with Gasteiger partial charge < -0.3 is 5.11 Å². The molecular formula is C15H13N3O6S. The van der Waals surface area contributed by atoms with E-state index in [4.69, 9.17) is 4.84 Å². The third kappa shape index (κ3) is 3.37.